The number of carbonyl (C=O) groups excluding carboxylic acids is 1. The summed E-state index contributed by atoms with van der Waals surface area (Å²) in [6.45, 7) is 5.87. The molecule has 2 N–H and O–H groups in total. The lowest BCUT2D eigenvalue weighted by Crippen LogP contribution is -2.21. The summed E-state index contributed by atoms with van der Waals surface area (Å²) in [6.07, 6.45) is 0. The van der Waals surface area contributed by atoms with Gasteiger partial charge in [0, 0.05) is 23.4 Å². The lowest BCUT2D eigenvalue weighted by Gasteiger charge is -2.12. The quantitative estimate of drug-likeness (QED) is 0.409. The Labute approximate surface area is 192 Å². The van der Waals surface area contributed by atoms with Gasteiger partial charge in [0.1, 0.15) is 11.6 Å². The molecule has 1 aromatic heterocycles. The Morgan fingerprint density at radius 3 is 2.45 bits per heavy atom. The van der Waals surface area contributed by atoms with Gasteiger partial charge in [-0.15, -0.1) is 0 Å². The number of nitrogens with one attached hydrogen (secondary N) is 2. The molecule has 0 saturated carbocycles. The first-order chi connectivity index (χ1) is 15.9. The van der Waals surface area contributed by atoms with Crippen molar-refractivity contribution in [2.45, 2.75) is 20.8 Å². The van der Waals surface area contributed by atoms with Crippen LogP contribution < -0.4 is 19.5 Å². The summed E-state index contributed by atoms with van der Waals surface area (Å²) in [5.74, 6) is 2.41. The highest BCUT2D eigenvalue weighted by molar-refractivity contribution is 5.93. The molecule has 170 valence electrons. The molecule has 33 heavy (non-hydrogen) atoms. The molecule has 0 unspecified atom stereocenters. The van der Waals surface area contributed by atoms with Gasteiger partial charge in [-0.2, -0.15) is 0 Å². The Morgan fingerprint density at radius 2 is 1.70 bits per heavy atom. The van der Waals surface area contributed by atoms with Crippen molar-refractivity contribution in [2.24, 2.45) is 0 Å². The zero-order valence-electron chi connectivity index (χ0n) is 19.4. The third-order valence-electron chi connectivity index (χ3n) is 5.69. The Bertz CT molecular complexity index is 1290. The first-order valence-electron chi connectivity index (χ1n) is 10.6. The van der Waals surface area contributed by atoms with Crippen LogP contribution in [0.1, 0.15) is 16.7 Å². The van der Waals surface area contributed by atoms with Crippen LogP contribution in [0.25, 0.3) is 22.4 Å². The van der Waals surface area contributed by atoms with Crippen LogP contribution in [0.2, 0.25) is 0 Å². The Hall–Kier alpha value is -4.00. The van der Waals surface area contributed by atoms with Crippen LogP contribution in [0.15, 0.2) is 48.5 Å². The van der Waals surface area contributed by atoms with Crippen molar-refractivity contribution in [3.05, 3.63) is 65.2 Å². The molecule has 4 rings (SSSR count). The van der Waals surface area contributed by atoms with E-state index in [0.717, 1.165) is 33.3 Å². The molecule has 4 aromatic rings. The van der Waals surface area contributed by atoms with Crippen LogP contribution in [0.5, 0.6) is 17.2 Å². The molecule has 3 aromatic carbocycles. The first kappa shape index (κ1) is 22.2. The van der Waals surface area contributed by atoms with Crippen LogP contribution in [-0.4, -0.2) is 36.7 Å². The van der Waals surface area contributed by atoms with E-state index in [1.54, 1.807) is 14.2 Å². The number of aryl methyl sites for hydroxylation is 2. The highest BCUT2D eigenvalue weighted by Gasteiger charge is 2.13. The highest BCUT2D eigenvalue weighted by atomic mass is 16.5. The number of rotatable bonds is 7. The maximum atomic E-state index is 12.6. The summed E-state index contributed by atoms with van der Waals surface area (Å²) < 4.78 is 16.5. The zero-order chi connectivity index (χ0) is 23.5. The number of fused-ring (bicyclic) bond motifs is 1. The molecule has 0 radical (unpaired) electrons. The van der Waals surface area contributed by atoms with Gasteiger partial charge < -0.3 is 24.5 Å². The minimum Gasteiger partial charge on any atom is -0.493 e. The van der Waals surface area contributed by atoms with Gasteiger partial charge in [-0.05, 0) is 49.6 Å². The monoisotopic (exact) mass is 445 g/mol. The van der Waals surface area contributed by atoms with Gasteiger partial charge in [0.2, 0.25) is 0 Å². The fraction of sp³-hybridized carbons (Fsp3) is 0.231. The summed E-state index contributed by atoms with van der Waals surface area (Å²) in [5, 5.41) is 2.95. The minimum atomic E-state index is -0.227. The Kier molecular flexibility index (Phi) is 6.22. The maximum Gasteiger partial charge on any atom is 0.262 e. The van der Waals surface area contributed by atoms with E-state index in [4.69, 9.17) is 14.2 Å². The fourth-order valence-electron chi connectivity index (χ4n) is 3.59. The number of carbonyl (C=O) groups is 1. The number of hydrogen-bond donors (Lipinski definition) is 2. The van der Waals surface area contributed by atoms with Crippen molar-refractivity contribution < 1.29 is 19.0 Å². The van der Waals surface area contributed by atoms with Crippen molar-refractivity contribution in [3.63, 3.8) is 0 Å². The van der Waals surface area contributed by atoms with E-state index in [1.807, 2.05) is 69.3 Å². The number of H-pyrrole nitrogens is 1. The normalized spacial score (nSPS) is 10.8. The van der Waals surface area contributed by atoms with E-state index in [0.29, 0.717) is 28.8 Å². The largest absolute Gasteiger partial charge is 0.493 e. The molecule has 7 nitrogen and oxygen atoms in total. The molecular weight excluding hydrogens is 418 g/mol. The standard InChI is InChI=1S/C26H27N3O4/c1-15-7-6-8-22(17(15)3)33-14-25(30)27-19-11-18(10-9-16(19)2)26-28-20-12-23(31-4)24(32-5)13-21(20)29-26/h6-13H,14H2,1-5H3,(H,27,30)(H,28,29). The Balaban J connectivity index is 1.54. The lowest BCUT2D eigenvalue weighted by atomic mass is 10.1. The van der Waals surface area contributed by atoms with E-state index in [2.05, 4.69) is 15.3 Å². The van der Waals surface area contributed by atoms with Crippen LogP contribution in [0, 0.1) is 20.8 Å². The number of benzene rings is 3. The number of aromatic amines is 1. The van der Waals surface area contributed by atoms with Gasteiger partial charge in [-0.1, -0.05) is 24.3 Å². The van der Waals surface area contributed by atoms with Crippen molar-refractivity contribution in [1.29, 1.82) is 0 Å². The highest BCUT2D eigenvalue weighted by Crippen LogP contribution is 2.33. The molecule has 0 aliphatic carbocycles. The number of aromatic nitrogens is 2. The molecule has 0 fully saturated rings. The van der Waals surface area contributed by atoms with Crippen LogP contribution in [0.4, 0.5) is 5.69 Å². The topological polar surface area (TPSA) is 85.5 Å². The van der Waals surface area contributed by atoms with Crippen LogP contribution >= 0.6 is 0 Å². The van der Waals surface area contributed by atoms with Crippen molar-refractivity contribution in [2.75, 3.05) is 26.1 Å². The molecule has 0 atom stereocenters. The maximum absolute atomic E-state index is 12.6. The SMILES string of the molecule is COc1cc2nc(-c3ccc(C)c(NC(=O)COc4cccc(C)c4C)c3)[nH]c2cc1OC. The summed E-state index contributed by atoms with van der Waals surface area (Å²) in [7, 11) is 3.19. The van der Waals surface area contributed by atoms with Gasteiger partial charge in [0.05, 0.1) is 25.3 Å². The second kappa shape index (κ2) is 9.24. The van der Waals surface area contributed by atoms with Gasteiger partial charge in [-0.25, -0.2) is 4.98 Å². The van der Waals surface area contributed by atoms with Crippen LogP contribution in [0.3, 0.4) is 0 Å². The Morgan fingerprint density at radius 1 is 0.939 bits per heavy atom. The summed E-state index contributed by atoms with van der Waals surface area (Å²) in [4.78, 5) is 20.6. The molecule has 0 bridgehead atoms. The third kappa shape index (κ3) is 4.62. The summed E-state index contributed by atoms with van der Waals surface area (Å²) in [5.41, 5.74) is 6.24. The van der Waals surface area contributed by atoms with Crippen molar-refractivity contribution in [3.8, 4) is 28.6 Å². The lowest BCUT2D eigenvalue weighted by molar-refractivity contribution is -0.118. The number of ether oxygens (including phenoxy) is 3. The van der Waals surface area contributed by atoms with E-state index in [9.17, 15) is 4.79 Å². The average Bonchev–Trinajstić information content (AvgIpc) is 3.23. The molecule has 0 aliphatic rings. The van der Waals surface area contributed by atoms with E-state index in [1.165, 1.54) is 0 Å². The average molecular weight is 446 g/mol. The number of methoxy groups -OCH3 is 2. The molecular formula is C26H27N3O4. The molecule has 7 heteroatoms. The molecule has 0 saturated heterocycles. The van der Waals surface area contributed by atoms with Gasteiger partial charge in [-0.3, -0.25) is 4.79 Å². The van der Waals surface area contributed by atoms with Gasteiger partial charge in [0.25, 0.3) is 5.91 Å². The number of imidazole rings is 1. The van der Waals surface area contributed by atoms with Crippen molar-refractivity contribution >= 4 is 22.6 Å². The molecule has 0 spiro atoms. The van der Waals surface area contributed by atoms with E-state index < -0.39 is 0 Å². The molecule has 1 amide bonds. The molecule has 0 aliphatic heterocycles. The third-order valence-corrected chi connectivity index (χ3v) is 5.69. The second-order valence-electron chi connectivity index (χ2n) is 7.87. The number of hydrogen-bond acceptors (Lipinski definition) is 5. The van der Waals surface area contributed by atoms with E-state index >= 15 is 0 Å². The molecule has 1 heterocycles. The van der Waals surface area contributed by atoms with Crippen molar-refractivity contribution in [1.82, 2.24) is 9.97 Å². The van der Waals surface area contributed by atoms with Gasteiger partial charge >= 0.3 is 0 Å². The minimum absolute atomic E-state index is 0.0712. The predicted molar refractivity (Wildman–Crippen MR) is 129 cm³/mol. The zero-order valence-corrected chi connectivity index (χ0v) is 19.4. The number of amides is 1. The smallest absolute Gasteiger partial charge is 0.262 e. The van der Waals surface area contributed by atoms with Gasteiger partial charge in [0.15, 0.2) is 18.1 Å². The first-order valence-corrected chi connectivity index (χ1v) is 10.6. The van der Waals surface area contributed by atoms with E-state index in [-0.39, 0.29) is 12.5 Å². The van der Waals surface area contributed by atoms with Crippen LogP contribution in [-0.2, 0) is 4.79 Å². The predicted octanol–water partition coefficient (Wildman–Crippen LogP) is 5.19. The number of nitrogens with zero attached hydrogens (tertiary/aromatic N) is 1. The summed E-state index contributed by atoms with van der Waals surface area (Å²) in [6, 6.07) is 15.3. The second-order valence-corrected chi connectivity index (χ2v) is 7.87. The fourth-order valence-corrected chi connectivity index (χ4v) is 3.59. The number of anilines is 1. The summed E-state index contributed by atoms with van der Waals surface area (Å²) >= 11 is 0.